The van der Waals surface area contributed by atoms with Crippen molar-refractivity contribution in [2.45, 2.75) is 0 Å². The Labute approximate surface area is 122 Å². The summed E-state index contributed by atoms with van der Waals surface area (Å²) in [6.45, 7) is 0.908. The van der Waals surface area contributed by atoms with Crippen LogP contribution in [0.3, 0.4) is 0 Å². The third-order valence-corrected chi connectivity index (χ3v) is 2.88. The SMILES string of the molecule is O=C(O)c1ccc(Cl)cc1NCCOc1ccccc1. The summed E-state index contributed by atoms with van der Waals surface area (Å²) in [6.07, 6.45) is 0. The van der Waals surface area contributed by atoms with E-state index in [0.29, 0.717) is 23.9 Å². The average molecular weight is 292 g/mol. The average Bonchev–Trinajstić information content (AvgIpc) is 2.44. The quantitative estimate of drug-likeness (QED) is 0.799. The van der Waals surface area contributed by atoms with Gasteiger partial charge in [-0.25, -0.2) is 4.79 Å². The maximum absolute atomic E-state index is 11.1. The smallest absolute Gasteiger partial charge is 0.337 e. The molecular weight excluding hydrogens is 278 g/mol. The second-order valence-electron chi connectivity index (χ2n) is 4.08. The molecule has 2 rings (SSSR count). The predicted octanol–water partition coefficient (Wildman–Crippen LogP) is 3.53. The van der Waals surface area contributed by atoms with E-state index in [1.807, 2.05) is 30.3 Å². The molecule has 0 spiro atoms. The van der Waals surface area contributed by atoms with Crippen molar-refractivity contribution < 1.29 is 14.6 Å². The summed E-state index contributed by atoms with van der Waals surface area (Å²) in [5.41, 5.74) is 0.677. The first-order chi connectivity index (χ1) is 9.66. The topological polar surface area (TPSA) is 58.6 Å². The van der Waals surface area contributed by atoms with Gasteiger partial charge in [0.1, 0.15) is 12.4 Å². The van der Waals surface area contributed by atoms with Crippen LogP contribution >= 0.6 is 11.6 Å². The largest absolute Gasteiger partial charge is 0.492 e. The van der Waals surface area contributed by atoms with Crippen molar-refractivity contribution in [1.82, 2.24) is 0 Å². The first-order valence-corrected chi connectivity index (χ1v) is 6.49. The van der Waals surface area contributed by atoms with Crippen molar-refractivity contribution in [3.63, 3.8) is 0 Å². The summed E-state index contributed by atoms with van der Waals surface area (Å²) in [6, 6.07) is 14.0. The third-order valence-electron chi connectivity index (χ3n) is 2.64. The van der Waals surface area contributed by atoms with Gasteiger partial charge in [0, 0.05) is 11.6 Å². The van der Waals surface area contributed by atoms with E-state index in [2.05, 4.69) is 5.32 Å². The number of para-hydroxylation sites is 1. The fourth-order valence-electron chi connectivity index (χ4n) is 1.72. The fourth-order valence-corrected chi connectivity index (χ4v) is 1.89. The van der Waals surface area contributed by atoms with Gasteiger partial charge in [-0.15, -0.1) is 0 Å². The van der Waals surface area contributed by atoms with E-state index in [1.165, 1.54) is 6.07 Å². The number of anilines is 1. The van der Waals surface area contributed by atoms with Crippen LogP contribution in [0.2, 0.25) is 5.02 Å². The Morgan fingerprint density at radius 2 is 1.95 bits per heavy atom. The molecule has 0 saturated carbocycles. The maximum Gasteiger partial charge on any atom is 0.337 e. The molecule has 2 aromatic rings. The van der Waals surface area contributed by atoms with Crippen molar-refractivity contribution in [2.24, 2.45) is 0 Å². The standard InChI is InChI=1S/C15H14ClNO3/c16-11-6-7-13(15(18)19)14(10-11)17-8-9-20-12-4-2-1-3-5-12/h1-7,10,17H,8-9H2,(H,18,19). The van der Waals surface area contributed by atoms with Crippen LogP contribution in [0.25, 0.3) is 0 Å². The van der Waals surface area contributed by atoms with Crippen LogP contribution in [0.15, 0.2) is 48.5 Å². The lowest BCUT2D eigenvalue weighted by Gasteiger charge is -2.11. The molecule has 5 heteroatoms. The minimum atomic E-state index is -0.992. The molecule has 0 unspecified atom stereocenters. The van der Waals surface area contributed by atoms with Crippen molar-refractivity contribution in [3.05, 3.63) is 59.1 Å². The molecule has 4 nitrogen and oxygen atoms in total. The maximum atomic E-state index is 11.1. The van der Waals surface area contributed by atoms with Gasteiger partial charge in [0.15, 0.2) is 0 Å². The Bertz CT molecular complexity index is 587. The summed E-state index contributed by atoms with van der Waals surface area (Å²) >= 11 is 5.87. The van der Waals surface area contributed by atoms with Crippen molar-refractivity contribution in [1.29, 1.82) is 0 Å². The highest BCUT2D eigenvalue weighted by Crippen LogP contribution is 2.21. The van der Waals surface area contributed by atoms with Crippen LogP contribution in [0.5, 0.6) is 5.75 Å². The number of benzene rings is 2. The monoisotopic (exact) mass is 291 g/mol. The molecule has 0 amide bonds. The summed E-state index contributed by atoms with van der Waals surface area (Å²) in [7, 11) is 0. The van der Waals surface area contributed by atoms with Crippen LogP contribution in [-0.4, -0.2) is 24.2 Å². The summed E-state index contributed by atoms with van der Waals surface area (Å²) in [5.74, 6) is -0.216. The zero-order valence-electron chi connectivity index (χ0n) is 10.7. The molecule has 0 saturated heterocycles. The second kappa shape index (κ2) is 6.82. The molecule has 2 N–H and O–H groups in total. The van der Waals surface area contributed by atoms with E-state index in [9.17, 15) is 4.79 Å². The number of halogens is 1. The number of hydrogen-bond donors (Lipinski definition) is 2. The third kappa shape index (κ3) is 3.90. The number of carboxylic acids is 1. The van der Waals surface area contributed by atoms with E-state index in [4.69, 9.17) is 21.4 Å². The number of rotatable bonds is 6. The predicted molar refractivity (Wildman–Crippen MR) is 78.8 cm³/mol. The second-order valence-corrected chi connectivity index (χ2v) is 4.52. The Morgan fingerprint density at radius 1 is 1.20 bits per heavy atom. The van der Waals surface area contributed by atoms with Crippen molar-refractivity contribution in [2.75, 3.05) is 18.5 Å². The molecule has 0 aliphatic heterocycles. The van der Waals surface area contributed by atoms with Gasteiger partial charge < -0.3 is 15.2 Å². The lowest BCUT2D eigenvalue weighted by Crippen LogP contribution is -2.13. The van der Waals surface area contributed by atoms with Crippen molar-refractivity contribution in [3.8, 4) is 5.75 Å². The Hall–Kier alpha value is -2.20. The highest BCUT2D eigenvalue weighted by molar-refractivity contribution is 6.31. The molecule has 20 heavy (non-hydrogen) atoms. The van der Waals surface area contributed by atoms with Gasteiger partial charge >= 0.3 is 5.97 Å². The Morgan fingerprint density at radius 3 is 2.65 bits per heavy atom. The number of hydrogen-bond acceptors (Lipinski definition) is 3. The number of carbonyl (C=O) groups is 1. The minimum Gasteiger partial charge on any atom is -0.492 e. The highest BCUT2D eigenvalue weighted by Gasteiger charge is 2.09. The van der Waals surface area contributed by atoms with Gasteiger partial charge in [-0.1, -0.05) is 29.8 Å². The molecule has 0 aliphatic rings. The van der Waals surface area contributed by atoms with E-state index in [-0.39, 0.29) is 5.56 Å². The van der Waals surface area contributed by atoms with Crippen LogP contribution < -0.4 is 10.1 Å². The zero-order chi connectivity index (χ0) is 14.4. The van der Waals surface area contributed by atoms with Gasteiger partial charge in [-0.05, 0) is 30.3 Å². The Kier molecular flexibility index (Phi) is 4.85. The van der Waals surface area contributed by atoms with E-state index in [0.717, 1.165) is 5.75 Å². The molecule has 0 atom stereocenters. The summed E-state index contributed by atoms with van der Waals surface area (Å²) in [5, 5.41) is 12.6. The number of nitrogens with one attached hydrogen (secondary N) is 1. The number of ether oxygens (including phenoxy) is 1. The van der Waals surface area contributed by atoms with Gasteiger partial charge in [-0.3, -0.25) is 0 Å². The molecule has 0 aromatic heterocycles. The lowest BCUT2D eigenvalue weighted by atomic mass is 10.2. The molecular formula is C15H14ClNO3. The molecule has 0 radical (unpaired) electrons. The molecule has 2 aromatic carbocycles. The van der Waals surface area contributed by atoms with Crippen LogP contribution in [0, 0.1) is 0 Å². The van der Waals surface area contributed by atoms with E-state index >= 15 is 0 Å². The molecule has 104 valence electrons. The van der Waals surface area contributed by atoms with E-state index < -0.39 is 5.97 Å². The van der Waals surface area contributed by atoms with Crippen LogP contribution in [0.1, 0.15) is 10.4 Å². The molecule has 0 bridgehead atoms. The lowest BCUT2D eigenvalue weighted by molar-refractivity contribution is 0.0698. The number of carboxylic acid groups (broad SMARTS) is 1. The normalized spacial score (nSPS) is 10.1. The minimum absolute atomic E-state index is 0.189. The van der Waals surface area contributed by atoms with Gasteiger partial charge in [0.25, 0.3) is 0 Å². The fraction of sp³-hybridized carbons (Fsp3) is 0.133. The van der Waals surface area contributed by atoms with Crippen LogP contribution in [0.4, 0.5) is 5.69 Å². The number of aromatic carboxylic acids is 1. The highest BCUT2D eigenvalue weighted by atomic mass is 35.5. The van der Waals surface area contributed by atoms with Gasteiger partial charge in [0.2, 0.25) is 0 Å². The molecule has 0 heterocycles. The van der Waals surface area contributed by atoms with Gasteiger partial charge in [0.05, 0.1) is 11.3 Å². The van der Waals surface area contributed by atoms with Crippen molar-refractivity contribution >= 4 is 23.3 Å². The first kappa shape index (κ1) is 14.2. The molecule has 0 fully saturated rings. The Balaban J connectivity index is 1.91. The molecule has 0 aliphatic carbocycles. The summed E-state index contributed by atoms with van der Waals surface area (Å²) in [4.78, 5) is 11.1. The van der Waals surface area contributed by atoms with E-state index in [1.54, 1.807) is 12.1 Å². The van der Waals surface area contributed by atoms with Gasteiger partial charge in [-0.2, -0.15) is 0 Å². The zero-order valence-corrected chi connectivity index (χ0v) is 11.4. The van der Waals surface area contributed by atoms with Crippen LogP contribution in [-0.2, 0) is 0 Å². The summed E-state index contributed by atoms with van der Waals surface area (Å²) < 4.78 is 5.52. The first-order valence-electron chi connectivity index (χ1n) is 6.11.